The number of carbonyl (C=O) groups excluding carboxylic acids is 2. The van der Waals surface area contributed by atoms with Gasteiger partial charge in [-0.05, 0) is 71.9 Å². The Bertz CT molecular complexity index is 1290. The molecule has 0 aromatic heterocycles. The van der Waals surface area contributed by atoms with E-state index in [-0.39, 0.29) is 29.2 Å². The summed E-state index contributed by atoms with van der Waals surface area (Å²) in [5.41, 5.74) is 4.16. The third-order valence-corrected chi connectivity index (χ3v) is 9.52. The van der Waals surface area contributed by atoms with E-state index in [1.165, 1.54) is 36.8 Å². The maximum atomic E-state index is 13.2. The highest BCUT2D eigenvalue weighted by Gasteiger charge is 2.69. The largest absolute Gasteiger partial charge is 0.455 e. The predicted octanol–water partition coefficient (Wildman–Crippen LogP) is 6.31. The van der Waals surface area contributed by atoms with Crippen LogP contribution >= 0.6 is 0 Å². The molecule has 4 heteroatoms. The smallest absolute Gasteiger partial charge is 0.338 e. The summed E-state index contributed by atoms with van der Waals surface area (Å²) in [7, 11) is 0. The van der Waals surface area contributed by atoms with Crippen molar-refractivity contribution in [2.45, 2.75) is 55.6 Å². The maximum Gasteiger partial charge on any atom is 0.338 e. The van der Waals surface area contributed by atoms with Crippen LogP contribution in [0.3, 0.4) is 0 Å². The first-order valence-corrected chi connectivity index (χ1v) is 13.3. The standard InChI is InChI=1S/C32H30O4/c33-30(20-11-3-1-4-12-20)35-28-23-19-24(29(28)36-31(34)21-13-5-2-6-14-21)27-26(23)22-15-7-8-16-25(22)32(27)17-9-10-18-32/h1-8,11-16,23-24,26-29H,9-10,17-19H2. The molecular formula is C32H30O4. The molecule has 182 valence electrons. The lowest BCUT2D eigenvalue weighted by molar-refractivity contribution is -0.0776. The number of ether oxygens (including phenoxy) is 2. The molecule has 0 amide bonds. The fourth-order valence-corrected chi connectivity index (χ4v) is 8.35. The highest BCUT2D eigenvalue weighted by atomic mass is 16.6. The van der Waals surface area contributed by atoms with Crippen molar-refractivity contribution < 1.29 is 19.1 Å². The van der Waals surface area contributed by atoms with Crippen molar-refractivity contribution in [1.82, 2.24) is 0 Å². The third-order valence-electron chi connectivity index (χ3n) is 9.52. The number of carbonyl (C=O) groups is 2. The zero-order valence-corrected chi connectivity index (χ0v) is 20.2. The molecule has 4 aliphatic carbocycles. The molecule has 0 N–H and O–H groups in total. The minimum absolute atomic E-state index is 0.155. The van der Waals surface area contributed by atoms with E-state index in [4.69, 9.17) is 9.47 Å². The molecule has 3 fully saturated rings. The van der Waals surface area contributed by atoms with Crippen molar-refractivity contribution in [2.24, 2.45) is 17.8 Å². The van der Waals surface area contributed by atoms with Crippen molar-refractivity contribution in [2.75, 3.05) is 0 Å². The molecule has 0 aliphatic heterocycles. The van der Waals surface area contributed by atoms with Crippen molar-refractivity contribution in [3.05, 3.63) is 107 Å². The first-order chi connectivity index (χ1) is 17.7. The molecule has 0 radical (unpaired) electrons. The van der Waals surface area contributed by atoms with Gasteiger partial charge < -0.3 is 9.47 Å². The summed E-state index contributed by atoms with van der Waals surface area (Å²) in [4.78, 5) is 26.4. The SMILES string of the molecule is O=C(OC1C2CC(C1OC(=O)c1ccccc1)C1C2c2ccccc2C12CCCC2)c1ccccc1. The minimum atomic E-state index is -0.443. The first kappa shape index (κ1) is 21.8. The maximum absolute atomic E-state index is 13.2. The number of rotatable bonds is 4. The Balaban J connectivity index is 1.27. The van der Waals surface area contributed by atoms with Gasteiger partial charge in [-0.25, -0.2) is 9.59 Å². The lowest BCUT2D eigenvalue weighted by Crippen LogP contribution is -2.48. The van der Waals surface area contributed by atoms with E-state index >= 15 is 0 Å². The van der Waals surface area contributed by atoms with Gasteiger partial charge in [-0.1, -0.05) is 73.5 Å². The van der Waals surface area contributed by atoms with Crippen LogP contribution in [0.1, 0.15) is 69.9 Å². The number of hydrogen-bond donors (Lipinski definition) is 0. The van der Waals surface area contributed by atoms with Crippen LogP contribution in [0, 0.1) is 17.8 Å². The summed E-state index contributed by atoms with van der Waals surface area (Å²) in [6.45, 7) is 0. The highest BCUT2D eigenvalue weighted by Crippen LogP contribution is 2.71. The number of hydrogen-bond acceptors (Lipinski definition) is 4. The number of benzene rings is 3. The Labute approximate surface area is 211 Å². The molecule has 3 aromatic carbocycles. The molecule has 3 saturated carbocycles. The number of fused-ring (bicyclic) bond motifs is 9. The van der Waals surface area contributed by atoms with Crippen molar-refractivity contribution in [3.63, 3.8) is 0 Å². The van der Waals surface area contributed by atoms with E-state index in [1.807, 2.05) is 36.4 Å². The predicted molar refractivity (Wildman–Crippen MR) is 136 cm³/mol. The van der Waals surface area contributed by atoms with Crippen LogP contribution in [-0.4, -0.2) is 24.1 Å². The second-order valence-corrected chi connectivity index (χ2v) is 11.0. The van der Waals surface area contributed by atoms with E-state index < -0.39 is 12.2 Å². The molecule has 6 atom stereocenters. The molecule has 0 heterocycles. The van der Waals surface area contributed by atoms with Crippen molar-refractivity contribution >= 4 is 11.9 Å². The van der Waals surface area contributed by atoms with Gasteiger partial charge in [0.25, 0.3) is 0 Å². The Morgan fingerprint density at radius 2 is 1.19 bits per heavy atom. The van der Waals surface area contributed by atoms with E-state index in [9.17, 15) is 9.59 Å². The van der Waals surface area contributed by atoms with Crippen LogP contribution in [0.5, 0.6) is 0 Å². The Morgan fingerprint density at radius 1 is 0.667 bits per heavy atom. The fraction of sp³-hybridized carbons (Fsp3) is 0.375. The average molecular weight is 479 g/mol. The van der Waals surface area contributed by atoms with Gasteiger partial charge in [-0.2, -0.15) is 0 Å². The summed E-state index contributed by atoms with van der Waals surface area (Å²) >= 11 is 0. The van der Waals surface area contributed by atoms with E-state index in [0.29, 0.717) is 23.0 Å². The first-order valence-electron chi connectivity index (χ1n) is 13.3. The topological polar surface area (TPSA) is 52.6 Å². The summed E-state index contributed by atoms with van der Waals surface area (Å²) in [5, 5.41) is 0. The molecule has 1 spiro atoms. The van der Waals surface area contributed by atoms with Gasteiger partial charge in [0.1, 0.15) is 12.2 Å². The Hall–Kier alpha value is -3.40. The van der Waals surface area contributed by atoms with Gasteiger partial charge in [-0.15, -0.1) is 0 Å². The molecule has 3 aromatic rings. The quantitative estimate of drug-likeness (QED) is 0.326. The molecule has 4 aliphatic rings. The minimum Gasteiger partial charge on any atom is -0.455 e. The summed E-state index contributed by atoms with van der Waals surface area (Å²) in [5.74, 6) is 0.454. The van der Waals surface area contributed by atoms with Gasteiger partial charge >= 0.3 is 11.9 Å². The lowest BCUT2D eigenvalue weighted by Gasteiger charge is -2.43. The van der Waals surface area contributed by atoms with Gasteiger partial charge in [0, 0.05) is 11.8 Å². The van der Waals surface area contributed by atoms with Gasteiger partial charge in [0.15, 0.2) is 0 Å². The summed E-state index contributed by atoms with van der Waals surface area (Å²) in [6.07, 6.45) is 4.95. The summed E-state index contributed by atoms with van der Waals surface area (Å²) in [6, 6.07) is 27.2. The van der Waals surface area contributed by atoms with Gasteiger partial charge in [0.05, 0.1) is 11.1 Å². The second-order valence-electron chi connectivity index (χ2n) is 11.0. The highest BCUT2D eigenvalue weighted by molar-refractivity contribution is 5.90. The molecule has 36 heavy (non-hydrogen) atoms. The van der Waals surface area contributed by atoms with E-state index in [1.54, 1.807) is 24.3 Å². The molecule has 0 saturated heterocycles. The second kappa shape index (κ2) is 8.33. The third kappa shape index (κ3) is 3.13. The van der Waals surface area contributed by atoms with Crippen LogP contribution in [0.2, 0.25) is 0 Å². The Kier molecular flexibility index (Phi) is 5.06. The normalized spacial score (nSPS) is 30.7. The molecule has 2 bridgehead atoms. The van der Waals surface area contributed by atoms with E-state index in [0.717, 1.165) is 6.42 Å². The van der Waals surface area contributed by atoms with Gasteiger partial charge in [-0.3, -0.25) is 0 Å². The fourth-order valence-electron chi connectivity index (χ4n) is 8.35. The lowest BCUT2D eigenvalue weighted by atomic mass is 9.65. The van der Waals surface area contributed by atoms with Crippen molar-refractivity contribution in [3.8, 4) is 0 Å². The van der Waals surface area contributed by atoms with Crippen LogP contribution in [-0.2, 0) is 14.9 Å². The van der Waals surface area contributed by atoms with Crippen LogP contribution in [0.15, 0.2) is 84.9 Å². The zero-order chi connectivity index (χ0) is 24.3. The Morgan fingerprint density at radius 3 is 1.81 bits per heavy atom. The van der Waals surface area contributed by atoms with Crippen molar-refractivity contribution in [1.29, 1.82) is 0 Å². The zero-order valence-electron chi connectivity index (χ0n) is 20.2. The monoisotopic (exact) mass is 478 g/mol. The van der Waals surface area contributed by atoms with Crippen LogP contribution in [0.25, 0.3) is 0 Å². The average Bonchev–Trinajstić information content (AvgIpc) is 3.69. The summed E-state index contributed by atoms with van der Waals surface area (Å²) < 4.78 is 12.5. The molecule has 7 rings (SSSR count). The molecule has 4 nitrogen and oxygen atoms in total. The van der Waals surface area contributed by atoms with Crippen LogP contribution in [0.4, 0.5) is 0 Å². The van der Waals surface area contributed by atoms with Gasteiger partial charge in [0.2, 0.25) is 0 Å². The van der Waals surface area contributed by atoms with Crippen LogP contribution < -0.4 is 0 Å². The molecular weight excluding hydrogens is 448 g/mol. The number of esters is 2. The molecule has 6 unspecified atom stereocenters. The van der Waals surface area contributed by atoms with E-state index in [2.05, 4.69) is 24.3 Å².